The molecule has 2 aromatic rings. The van der Waals surface area contributed by atoms with Crippen molar-refractivity contribution in [3.8, 4) is 0 Å². The van der Waals surface area contributed by atoms with Gasteiger partial charge in [0, 0.05) is 17.3 Å². The van der Waals surface area contributed by atoms with Gasteiger partial charge in [0.05, 0.1) is 10.4 Å². The minimum Gasteiger partial charge on any atom is -0.264 e. The number of hydrogen-bond donors (Lipinski definition) is 1. The van der Waals surface area contributed by atoms with Crippen LogP contribution in [0.2, 0.25) is 5.02 Å². The Morgan fingerprint density at radius 3 is 2.29 bits per heavy atom. The summed E-state index contributed by atoms with van der Waals surface area (Å²) >= 11 is 6.12. The van der Waals surface area contributed by atoms with Crippen molar-refractivity contribution in [3.05, 3.63) is 40.5 Å². The summed E-state index contributed by atoms with van der Waals surface area (Å²) in [5.74, 6) is 2.84. The van der Waals surface area contributed by atoms with Gasteiger partial charge in [0.1, 0.15) is 0 Å². The van der Waals surface area contributed by atoms with Crippen LogP contribution in [0.5, 0.6) is 0 Å². The van der Waals surface area contributed by atoms with E-state index in [1.807, 2.05) is 13.1 Å². The summed E-state index contributed by atoms with van der Waals surface area (Å²) in [4.78, 5) is 0.249. The third-order valence-corrected chi connectivity index (χ3v) is 8.97. The zero-order chi connectivity index (χ0) is 19.7. The first-order chi connectivity index (χ1) is 13.2. The first-order valence-corrected chi connectivity index (χ1v) is 12.0. The third-order valence-electron chi connectivity index (χ3n) is 7.07. The average Bonchev–Trinajstić information content (AvgIpc) is 3.05. The van der Waals surface area contributed by atoms with E-state index in [4.69, 9.17) is 11.6 Å². The first-order valence-electron chi connectivity index (χ1n) is 10.1. The van der Waals surface area contributed by atoms with E-state index >= 15 is 0 Å². The maximum Gasteiger partial charge on any atom is 0.263 e. The highest BCUT2D eigenvalue weighted by Crippen LogP contribution is 2.58. The van der Waals surface area contributed by atoms with Crippen molar-refractivity contribution in [2.45, 2.75) is 62.8 Å². The molecule has 0 radical (unpaired) electrons. The molecule has 4 bridgehead atoms. The van der Waals surface area contributed by atoms with Crippen molar-refractivity contribution in [2.75, 3.05) is 4.72 Å². The number of benzene rings is 1. The molecular weight excluding hydrogens is 394 g/mol. The lowest BCUT2D eigenvalue weighted by atomic mass is 9.53. The van der Waals surface area contributed by atoms with E-state index in [0.717, 1.165) is 23.3 Å². The Bertz CT molecular complexity index is 1010. The van der Waals surface area contributed by atoms with Crippen LogP contribution in [0.15, 0.2) is 29.3 Å². The lowest BCUT2D eigenvalue weighted by Crippen LogP contribution is -2.52. The number of aromatic nitrogens is 2. The molecule has 4 saturated carbocycles. The van der Waals surface area contributed by atoms with Gasteiger partial charge in [-0.25, -0.2) is 8.42 Å². The Kier molecular flexibility index (Phi) is 4.12. The Hall–Kier alpha value is -1.53. The number of nitrogens with one attached hydrogen (secondary N) is 1. The van der Waals surface area contributed by atoms with Gasteiger partial charge in [-0.15, -0.1) is 0 Å². The molecule has 6 rings (SSSR count). The largest absolute Gasteiger partial charge is 0.264 e. The second kappa shape index (κ2) is 6.23. The summed E-state index contributed by atoms with van der Waals surface area (Å²) in [6.45, 7) is 3.57. The summed E-state index contributed by atoms with van der Waals surface area (Å²) < 4.78 is 30.6. The predicted octanol–water partition coefficient (Wildman–Crippen LogP) is 4.88. The number of halogens is 1. The SMILES string of the molecule is Cc1cc(S(=O)(=O)Nc2ccn(C34CC5CC(CC(C5)C3)C4)n2)c(C)cc1Cl. The number of sulfonamides is 1. The molecule has 4 aliphatic rings. The molecule has 7 heteroatoms. The van der Waals surface area contributed by atoms with E-state index in [-0.39, 0.29) is 10.4 Å². The van der Waals surface area contributed by atoms with Crippen LogP contribution in [-0.2, 0) is 15.6 Å². The quantitative estimate of drug-likeness (QED) is 0.768. The molecule has 28 heavy (non-hydrogen) atoms. The van der Waals surface area contributed by atoms with Crippen molar-refractivity contribution in [1.82, 2.24) is 9.78 Å². The van der Waals surface area contributed by atoms with Gasteiger partial charge < -0.3 is 0 Å². The Balaban J connectivity index is 1.42. The van der Waals surface area contributed by atoms with Gasteiger partial charge in [0.15, 0.2) is 5.82 Å². The molecule has 0 saturated heterocycles. The highest BCUT2D eigenvalue weighted by Gasteiger charge is 2.52. The summed E-state index contributed by atoms with van der Waals surface area (Å²) in [6.07, 6.45) is 9.62. The van der Waals surface area contributed by atoms with Crippen LogP contribution in [0.3, 0.4) is 0 Å². The molecule has 1 aromatic carbocycles. The van der Waals surface area contributed by atoms with Crippen molar-refractivity contribution < 1.29 is 8.42 Å². The zero-order valence-electron chi connectivity index (χ0n) is 16.3. The maximum atomic E-state index is 12.9. The topological polar surface area (TPSA) is 64.0 Å². The minimum atomic E-state index is -3.71. The van der Waals surface area contributed by atoms with Crippen LogP contribution < -0.4 is 4.72 Å². The monoisotopic (exact) mass is 419 g/mol. The summed E-state index contributed by atoms with van der Waals surface area (Å²) in [7, 11) is -3.71. The molecule has 1 heterocycles. The van der Waals surface area contributed by atoms with E-state index in [1.54, 1.807) is 25.1 Å². The predicted molar refractivity (Wildman–Crippen MR) is 110 cm³/mol. The standard InChI is InChI=1S/C21H26ClN3O2S/c1-13-6-19(14(2)5-18(13)22)28(26,27)24-20-3-4-25(23-20)21-10-15-7-16(11-21)9-17(8-15)12-21/h3-6,15-17H,7-12H2,1-2H3,(H,23,24). The third kappa shape index (κ3) is 2.96. The molecule has 1 N–H and O–H groups in total. The number of anilines is 1. The smallest absolute Gasteiger partial charge is 0.263 e. The maximum absolute atomic E-state index is 12.9. The normalized spacial score (nSPS) is 31.3. The van der Waals surface area contributed by atoms with Gasteiger partial charge in [-0.2, -0.15) is 5.10 Å². The first kappa shape index (κ1) is 18.5. The summed E-state index contributed by atoms with van der Waals surface area (Å²) in [5.41, 5.74) is 1.46. The Morgan fingerprint density at radius 1 is 1.07 bits per heavy atom. The second-order valence-electron chi connectivity index (χ2n) is 9.26. The highest BCUT2D eigenvalue weighted by atomic mass is 35.5. The molecule has 1 aromatic heterocycles. The van der Waals surface area contributed by atoms with Gasteiger partial charge in [-0.05, 0) is 93.4 Å². The zero-order valence-corrected chi connectivity index (χ0v) is 17.9. The van der Waals surface area contributed by atoms with Crippen molar-refractivity contribution in [2.24, 2.45) is 17.8 Å². The van der Waals surface area contributed by atoms with Gasteiger partial charge >= 0.3 is 0 Å². The van der Waals surface area contributed by atoms with Crippen LogP contribution in [0, 0.1) is 31.6 Å². The van der Waals surface area contributed by atoms with E-state index < -0.39 is 10.0 Å². The number of hydrogen-bond acceptors (Lipinski definition) is 3. The molecular formula is C21H26ClN3O2S. The fourth-order valence-electron chi connectivity index (χ4n) is 6.22. The molecule has 0 amide bonds. The lowest BCUT2D eigenvalue weighted by Gasteiger charge is -2.56. The lowest BCUT2D eigenvalue weighted by molar-refractivity contribution is -0.0492. The summed E-state index contributed by atoms with van der Waals surface area (Å²) in [5, 5.41) is 5.25. The molecule has 0 atom stereocenters. The molecule has 4 aliphatic carbocycles. The van der Waals surface area contributed by atoms with E-state index in [2.05, 4.69) is 14.5 Å². The molecule has 0 unspecified atom stereocenters. The molecule has 5 nitrogen and oxygen atoms in total. The fourth-order valence-corrected chi connectivity index (χ4v) is 7.75. The van der Waals surface area contributed by atoms with Crippen LogP contribution >= 0.6 is 11.6 Å². The van der Waals surface area contributed by atoms with Crippen LogP contribution in [-0.4, -0.2) is 18.2 Å². The molecule has 0 aliphatic heterocycles. The molecule has 0 spiro atoms. The van der Waals surface area contributed by atoms with Gasteiger partial charge in [-0.1, -0.05) is 11.6 Å². The van der Waals surface area contributed by atoms with Gasteiger partial charge in [-0.3, -0.25) is 9.40 Å². The van der Waals surface area contributed by atoms with Crippen molar-refractivity contribution in [1.29, 1.82) is 0 Å². The fraction of sp³-hybridized carbons (Fsp3) is 0.571. The van der Waals surface area contributed by atoms with Crippen molar-refractivity contribution >= 4 is 27.4 Å². The van der Waals surface area contributed by atoms with Crippen LogP contribution in [0.25, 0.3) is 0 Å². The van der Waals surface area contributed by atoms with Gasteiger partial charge in [0.25, 0.3) is 10.0 Å². The Morgan fingerprint density at radius 2 is 1.68 bits per heavy atom. The molecule has 150 valence electrons. The molecule has 4 fully saturated rings. The van der Waals surface area contributed by atoms with E-state index in [9.17, 15) is 8.42 Å². The van der Waals surface area contributed by atoms with E-state index in [1.165, 1.54) is 38.5 Å². The second-order valence-corrected chi connectivity index (χ2v) is 11.3. The van der Waals surface area contributed by atoms with Crippen LogP contribution in [0.1, 0.15) is 49.7 Å². The van der Waals surface area contributed by atoms with Crippen LogP contribution in [0.4, 0.5) is 5.82 Å². The average molecular weight is 420 g/mol. The summed E-state index contributed by atoms with van der Waals surface area (Å²) in [6, 6.07) is 5.10. The number of aryl methyl sites for hydroxylation is 2. The highest BCUT2D eigenvalue weighted by molar-refractivity contribution is 7.92. The number of nitrogens with zero attached hydrogens (tertiary/aromatic N) is 2. The van der Waals surface area contributed by atoms with Crippen molar-refractivity contribution in [3.63, 3.8) is 0 Å². The minimum absolute atomic E-state index is 0.0885. The Labute approximate surface area is 171 Å². The number of rotatable bonds is 4. The van der Waals surface area contributed by atoms with E-state index in [0.29, 0.717) is 16.4 Å². The van der Waals surface area contributed by atoms with Gasteiger partial charge in [0.2, 0.25) is 0 Å².